The molecule has 2 saturated heterocycles. The summed E-state index contributed by atoms with van der Waals surface area (Å²) in [6, 6.07) is 0. The third-order valence-corrected chi connectivity index (χ3v) is 5.62. The first-order chi connectivity index (χ1) is 8.09. The molecule has 2 aliphatic heterocycles. The monoisotopic (exact) mass is 251 g/mol. The highest BCUT2D eigenvalue weighted by molar-refractivity contribution is 7.09. The zero-order valence-corrected chi connectivity index (χ0v) is 11.7. The first-order valence-corrected chi connectivity index (χ1v) is 7.31. The summed E-state index contributed by atoms with van der Waals surface area (Å²) < 4.78 is 0. The number of fused-ring (bicyclic) bond motifs is 1. The predicted molar refractivity (Wildman–Crippen MR) is 71.2 cm³/mol. The Morgan fingerprint density at radius 2 is 2.35 bits per heavy atom. The summed E-state index contributed by atoms with van der Waals surface area (Å²) in [6.07, 6.45) is 0. The van der Waals surface area contributed by atoms with Gasteiger partial charge in [-0.1, -0.05) is 0 Å². The zero-order valence-electron chi connectivity index (χ0n) is 10.9. The lowest BCUT2D eigenvalue weighted by Crippen LogP contribution is -2.43. The van der Waals surface area contributed by atoms with Crippen LogP contribution in [0.25, 0.3) is 0 Å². The van der Waals surface area contributed by atoms with Crippen LogP contribution in [0.3, 0.4) is 0 Å². The summed E-state index contributed by atoms with van der Waals surface area (Å²) in [4.78, 5) is 8.45. The Morgan fingerprint density at radius 1 is 1.53 bits per heavy atom. The normalized spacial score (nSPS) is 31.9. The third-order valence-electron chi connectivity index (χ3n) is 4.70. The average molecular weight is 251 g/mol. The number of aryl methyl sites for hydroxylation is 1. The van der Waals surface area contributed by atoms with Gasteiger partial charge in [0.1, 0.15) is 0 Å². The summed E-state index contributed by atoms with van der Waals surface area (Å²) in [5.41, 5.74) is 3.50. The van der Waals surface area contributed by atoms with Gasteiger partial charge >= 0.3 is 0 Å². The van der Waals surface area contributed by atoms with Crippen molar-refractivity contribution >= 4 is 11.3 Å². The van der Waals surface area contributed by atoms with E-state index in [1.54, 1.807) is 11.3 Å². The van der Waals surface area contributed by atoms with Crippen LogP contribution >= 0.6 is 11.3 Å². The Labute approximate surface area is 107 Å². The molecule has 1 aromatic rings. The van der Waals surface area contributed by atoms with Crippen LogP contribution in [0.4, 0.5) is 0 Å². The lowest BCUT2D eigenvalue weighted by atomic mass is 9.85. The van der Waals surface area contributed by atoms with Crippen LogP contribution in [0, 0.1) is 18.8 Å². The van der Waals surface area contributed by atoms with Crippen LogP contribution in [0.2, 0.25) is 0 Å². The molecule has 3 rings (SSSR count). The molecule has 3 nitrogen and oxygen atoms in total. The van der Waals surface area contributed by atoms with Gasteiger partial charge in [-0.05, 0) is 39.2 Å². The maximum Gasteiger partial charge on any atom is 0.0798 e. The highest BCUT2D eigenvalue weighted by atomic mass is 32.1. The van der Waals surface area contributed by atoms with E-state index in [0.717, 1.165) is 18.4 Å². The minimum absolute atomic E-state index is 0.324. The predicted octanol–water partition coefficient (Wildman–Crippen LogP) is 1.88. The van der Waals surface area contributed by atoms with Crippen LogP contribution in [-0.2, 0) is 6.54 Å². The molecule has 0 amide bonds. The van der Waals surface area contributed by atoms with E-state index in [9.17, 15) is 0 Å². The van der Waals surface area contributed by atoms with E-state index in [-0.39, 0.29) is 0 Å². The Bertz CT molecular complexity index is 413. The quantitative estimate of drug-likeness (QED) is 0.870. The van der Waals surface area contributed by atoms with E-state index < -0.39 is 0 Å². The second-order valence-corrected chi connectivity index (χ2v) is 6.86. The molecule has 3 heterocycles. The van der Waals surface area contributed by atoms with Gasteiger partial charge in [-0.25, -0.2) is 4.98 Å². The molecule has 0 bridgehead atoms. The summed E-state index contributed by atoms with van der Waals surface area (Å²) in [7, 11) is 0. The number of nitrogens with zero attached hydrogens (tertiary/aromatic N) is 2. The summed E-state index contributed by atoms with van der Waals surface area (Å²) in [5.74, 6) is 1.66. The number of hydrogen-bond acceptors (Lipinski definition) is 4. The molecule has 0 radical (unpaired) electrons. The van der Waals surface area contributed by atoms with E-state index in [2.05, 4.69) is 36.0 Å². The highest BCUT2D eigenvalue weighted by Crippen LogP contribution is 2.41. The molecular formula is C13H21N3S. The molecule has 0 aromatic carbocycles. The fraction of sp³-hybridized carbons (Fsp3) is 0.769. The van der Waals surface area contributed by atoms with Gasteiger partial charge in [0.05, 0.1) is 11.2 Å². The minimum Gasteiger partial charge on any atom is -0.316 e. The molecule has 2 unspecified atom stereocenters. The van der Waals surface area contributed by atoms with Gasteiger partial charge in [0.25, 0.3) is 0 Å². The molecular weight excluding hydrogens is 230 g/mol. The molecule has 4 heteroatoms. The van der Waals surface area contributed by atoms with Crippen LogP contribution in [0.15, 0.2) is 5.51 Å². The minimum atomic E-state index is 0.324. The van der Waals surface area contributed by atoms with Gasteiger partial charge < -0.3 is 5.32 Å². The first kappa shape index (κ1) is 11.6. The summed E-state index contributed by atoms with van der Waals surface area (Å²) in [6.45, 7) is 11.6. The fourth-order valence-corrected chi connectivity index (χ4v) is 4.22. The third kappa shape index (κ3) is 1.83. The molecule has 0 aliphatic carbocycles. The largest absolute Gasteiger partial charge is 0.316 e. The highest BCUT2D eigenvalue weighted by Gasteiger charge is 2.49. The molecule has 1 aromatic heterocycles. The zero-order chi connectivity index (χ0) is 12.0. The maximum absolute atomic E-state index is 4.36. The van der Waals surface area contributed by atoms with Crippen molar-refractivity contribution in [3.63, 3.8) is 0 Å². The van der Waals surface area contributed by atoms with E-state index in [1.807, 2.05) is 5.51 Å². The van der Waals surface area contributed by atoms with Gasteiger partial charge in [-0.2, -0.15) is 0 Å². The van der Waals surface area contributed by atoms with Gasteiger partial charge in [-0.15, -0.1) is 11.3 Å². The van der Waals surface area contributed by atoms with Crippen molar-refractivity contribution in [1.82, 2.24) is 15.2 Å². The summed E-state index contributed by atoms with van der Waals surface area (Å²) in [5, 5.41) is 3.53. The topological polar surface area (TPSA) is 28.2 Å². The molecule has 0 saturated carbocycles. The maximum atomic E-state index is 4.36. The van der Waals surface area contributed by atoms with Crippen LogP contribution < -0.4 is 5.32 Å². The Hall–Kier alpha value is -0.450. The average Bonchev–Trinajstić information content (AvgIpc) is 2.91. The first-order valence-electron chi connectivity index (χ1n) is 6.44. The van der Waals surface area contributed by atoms with Gasteiger partial charge in [0, 0.05) is 30.1 Å². The van der Waals surface area contributed by atoms with E-state index in [0.29, 0.717) is 5.54 Å². The number of aromatic nitrogens is 1. The van der Waals surface area contributed by atoms with Crippen molar-refractivity contribution in [3.05, 3.63) is 16.1 Å². The molecule has 17 heavy (non-hydrogen) atoms. The number of hydrogen-bond donors (Lipinski definition) is 1. The van der Waals surface area contributed by atoms with E-state index >= 15 is 0 Å². The van der Waals surface area contributed by atoms with Crippen LogP contribution in [0.5, 0.6) is 0 Å². The summed E-state index contributed by atoms with van der Waals surface area (Å²) >= 11 is 1.80. The number of rotatable bonds is 2. The van der Waals surface area contributed by atoms with Gasteiger partial charge in [0.2, 0.25) is 0 Å². The fourth-order valence-electron chi connectivity index (χ4n) is 3.42. The SMILES string of the molecule is Cc1ncsc1CN1CC2CNCC2C1(C)C. The smallest absolute Gasteiger partial charge is 0.0798 e. The van der Waals surface area contributed by atoms with Crippen molar-refractivity contribution in [2.24, 2.45) is 11.8 Å². The molecule has 2 atom stereocenters. The number of thiazole rings is 1. The second-order valence-electron chi connectivity index (χ2n) is 5.92. The lowest BCUT2D eigenvalue weighted by Gasteiger charge is -2.35. The lowest BCUT2D eigenvalue weighted by molar-refractivity contribution is 0.133. The molecule has 0 spiro atoms. The second kappa shape index (κ2) is 4.04. The van der Waals surface area contributed by atoms with Crippen LogP contribution in [0.1, 0.15) is 24.4 Å². The van der Waals surface area contributed by atoms with E-state index in [1.165, 1.54) is 30.2 Å². The molecule has 94 valence electrons. The van der Waals surface area contributed by atoms with Crippen molar-refractivity contribution in [3.8, 4) is 0 Å². The Kier molecular flexibility index (Phi) is 2.76. The number of nitrogens with one attached hydrogen (secondary N) is 1. The molecule has 2 aliphatic rings. The van der Waals surface area contributed by atoms with E-state index in [4.69, 9.17) is 0 Å². The van der Waals surface area contributed by atoms with Crippen molar-refractivity contribution in [2.75, 3.05) is 19.6 Å². The molecule has 1 N–H and O–H groups in total. The number of likely N-dealkylation sites (tertiary alicyclic amines) is 1. The van der Waals surface area contributed by atoms with Gasteiger partial charge in [0.15, 0.2) is 0 Å². The van der Waals surface area contributed by atoms with Crippen molar-refractivity contribution in [2.45, 2.75) is 32.9 Å². The Balaban J connectivity index is 1.79. The molecule has 2 fully saturated rings. The standard InChI is InChI=1S/C13H21N3S/c1-9-12(17-8-15-9)7-16-6-10-4-14-5-11(10)13(16,2)3/h8,10-11,14H,4-7H2,1-3H3. The van der Waals surface area contributed by atoms with Crippen LogP contribution in [-0.4, -0.2) is 35.1 Å². The van der Waals surface area contributed by atoms with Gasteiger partial charge in [-0.3, -0.25) is 4.90 Å². The Morgan fingerprint density at radius 3 is 3.00 bits per heavy atom. The van der Waals surface area contributed by atoms with Crippen molar-refractivity contribution in [1.29, 1.82) is 0 Å². The van der Waals surface area contributed by atoms with Crippen molar-refractivity contribution < 1.29 is 0 Å².